The average molecular weight is 520 g/mol. The van der Waals surface area contributed by atoms with Crippen molar-refractivity contribution in [2.75, 3.05) is 18.4 Å². The van der Waals surface area contributed by atoms with Crippen LogP contribution in [0, 0.1) is 37.0 Å². The summed E-state index contributed by atoms with van der Waals surface area (Å²) < 4.78 is 2.38. The molecule has 2 atom stereocenters. The Bertz CT molecular complexity index is 1200. The Morgan fingerprint density at radius 1 is 1.05 bits per heavy atom. The number of amides is 2. The van der Waals surface area contributed by atoms with Crippen molar-refractivity contribution in [2.24, 2.45) is 23.2 Å². The van der Waals surface area contributed by atoms with Gasteiger partial charge in [0.05, 0.1) is 11.8 Å². The maximum absolute atomic E-state index is 13.8. The molecular weight excluding hydrogens is 474 g/mol. The average Bonchev–Trinajstić information content (AvgIpc) is 3.40. The second-order valence-electron chi connectivity index (χ2n) is 13.7. The van der Waals surface area contributed by atoms with Gasteiger partial charge in [-0.15, -0.1) is 10.2 Å². The first-order valence-corrected chi connectivity index (χ1v) is 14.5. The predicted octanol–water partition coefficient (Wildman–Crippen LogP) is 6.00. The van der Waals surface area contributed by atoms with E-state index in [4.69, 9.17) is 10.2 Å². The third kappa shape index (κ3) is 5.39. The van der Waals surface area contributed by atoms with E-state index < -0.39 is 5.41 Å². The molecule has 2 amide bonds. The zero-order valence-corrected chi connectivity index (χ0v) is 24.3. The lowest BCUT2D eigenvalue weighted by Gasteiger charge is -2.36. The number of aromatic nitrogens is 3. The maximum Gasteiger partial charge on any atom is 0.230 e. The summed E-state index contributed by atoms with van der Waals surface area (Å²) in [5.41, 5.74) is 2.53. The Balaban J connectivity index is 1.43. The zero-order valence-electron chi connectivity index (χ0n) is 24.3. The van der Waals surface area contributed by atoms with Crippen LogP contribution in [-0.4, -0.2) is 44.6 Å². The highest BCUT2D eigenvalue weighted by atomic mass is 16.2. The molecule has 2 saturated carbocycles. The van der Waals surface area contributed by atoms with Crippen LogP contribution in [0.3, 0.4) is 0 Å². The van der Waals surface area contributed by atoms with Crippen LogP contribution in [0.5, 0.6) is 0 Å². The van der Waals surface area contributed by atoms with E-state index in [0.717, 1.165) is 53.1 Å². The molecule has 2 aromatic rings. The van der Waals surface area contributed by atoms with Gasteiger partial charge in [-0.05, 0) is 69.4 Å². The number of rotatable bonds is 7. The molecule has 5 rings (SSSR count). The summed E-state index contributed by atoms with van der Waals surface area (Å²) in [6.45, 7) is 15.4. The fourth-order valence-corrected chi connectivity index (χ4v) is 6.51. The molecule has 0 bridgehead atoms. The minimum Gasteiger partial charge on any atom is -0.341 e. The first-order chi connectivity index (χ1) is 17.9. The van der Waals surface area contributed by atoms with Crippen LogP contribution < -0.4 is 5.32 Å². The molecule has 1 aliphatic heterocycles. The van der Waals surface area contributed by atoms with Crippen molar-refractivity contribution < 1.29 is 9.59 Å². The smallest absolute Gasteiger partial charge is 0.230 e. The number of benzene rings is 1. The lowest BCUT2D eigenvalue weighted by molar-refractivity contribution is -0.138. The number of aryl methyl sites for hydroxylation is 2. The molecule has 38 heavy (non-hydrogen) atoms. The fraction of sp³-hybridized carbons (Fsp3) is 0.677. The molecule has 1 aromatic heterocycles. The van der Waals surface area contributed by atoms with E-state index in [0.29, 0.717) is 25.0 Å². The monoisotopic (exact) mass is 519 g/mol. The third-order valence-corrected chi connectivity index (χ3v) is 8.62. The summed E-state index contributed by atoms with van der Waals surface area (Å²) in [6.07, 6.45) is 5.90. The molecule has 3 aliphatic rings. The summed E-state index contributed by atoms with van der Waals surface area (Å²) in [5, 5.41) is 12.7. The van der Waals surface area contributed by atoms with Gasteiger partial charge in [-0.1, -0.05) is 52.3 Å². The lowest BCUT2D eigenvalue weighted by atomic mass is 9.71. The lowest BCUT2D eigenvalue weighted by Crippen LogP contribution is -2.38. The van der Waals surface area contributed by atoms with Gasteiger partial charge in [0.25, 0.3) is 0 Å². The summed E-state index contributed by atoms with van der Waals surface area (Å²) in [4.78, 5) is 29.0. The topological polar surface area (TPSA) is 80.1 Å². The Hall–Kier alpha value is -2.70. The molecule has 7 heteroatoms. The van der Waals surface area contributed by atoms with Gasteiger partial charge in [0.2, 0.25) is 11.8 Å². The van der Waals surface area contributed by atoms with Crippen LogP contribution in [0.4, 0.5) is 5.69 Å². The molecule has 3 fully saturated rings. The van der Waals surface area contributed by atoms with Crippen molar-refractivity contribution in [1.29, 1.82) is 0 Å². The van der Waals surface area contributed by atoms with Crippen molar-refractivity contribution in [2.45, 2.75) is 98.4 Å². The van der Waals surface area contributed by atoms with E-state index >= 15 is 0 Å². The van der Waals surface area contributed by atoms with Gasteiger partial charge in [-0.25, -0.2) is 0 Å². The summed E-state index contributed by atoms with van der Waals surface area (Å²) in [6, 6.07) is 6.50. The number of carbonyl (C=O) groups excluding carboxylic acids is 2. The van der Waals surface area contributed by atoms with Crippen LogP contribution in [0.2, 0.25) is 0 Å². The van der Waals surface area contributed by atoms with E-state index in [1.54, 1.807) is 0 Å². The molecule has 206 valence electrons. The first-order valence-electron chi connectivity index (χ1n) is 14.5. The summed E-state index contributed by atoms with van der Waals surface area (Å²) in [5.74, 6) is 3.46. The largest absolute Gasteiger partial charge is 0.341 e. The molecule has 1 N–H and O–H groups in total. The van der Waals surface area contributed by atoms with Gasteiger partial charge in [0, 0.05) is 36.2 Å². The van der Waals surface area contributed by atoms with E-state index in [2.05, 4.69) is 36.7 Å². The normalized spacial score (nSPS) is 25.5. The second kappa shape index (κ2) is 10.1. The van der Waals surface area contributed by atoms with Gasteiger partial charge in [-0.3, -0.25) is 9.59 Å². The molecule has 2 aliphatic carbocycles. The van der Waals surface area contributed by atoms with Crippen LogP contribution in [0.1, 0.15) is 107 Å². The Labute approximate surface area is 227 Å². The van der Waals surface area contributed by atoms with E-state index in [1.165, 1.54) is 19.3 Å². The van der Waals surface area contributed by atoms with Crippen molar-refractivity contribution in [3.05, 3.63) is 41.0 Å². The highest BCUT2D eigenvalue weighted by molar-refractivity contribution is 5.95. The molecule has 2 heterocycles. The Morgan fingerprint density at radius 3 is 2.34 bits per heavy atom. The quantitative estimate of drug-likeness (QED) is 0.487. The number of nitrogens with one attached hydrogen (secondary N) is 1. The molecule has 7 nitrogen and oxygen atoms in total. The number of hydrogen-bond acceptors (Lipinski definition) is 4. The first kappa shape index (κ1) is 26.9. The van der Waals surface area contributed by atoms with Gasteiger partial charge >= 0.3 is 0 Å². The van der Waals surface area contributed by atoms with E-state index in [1.807, 2.05) is 44.7 Å². The third-order valence-electron chi connectivity index (χ3n) is 8.62. The van der Waals surface area contributed by atoms with Gasteiger partial charge < -0.3 is 14.8 Å². The van der Waals surface area contributed by atoms with E-state index in [9.17, 15) is 9.59 Å². The SMILES string of the molecule is Cc1ccc(NC(=O)[C@H]2CN(C(=O)C(C)(C)C)C[C@@H]2c2nnc([C@H]3C[C@@H](CC(C)C)C3)n2C2CC2)c(C)c1. The minimum atomic E-state index is -0.504. The fourth-order valence-electron chi connectivity index (χ4n) is 6.51. The van der Waals surface area contributed by atoms with Crippen LogP contribution in [-0.2, 0) is 9.59 Å². The van der Waals surface area contributed by atoms with Crippen molar-refractivity contribution in [3.63, 3.8) is 0 Å². The number of anilines is 1. The summed E-state index contributed by atoms with van der Waals surface area (Å²) >= 11 is 0. The predicted molar refractivity (Wildman–Crippen MR) is 150 cm³/mol. The van der Waals surface area contributed by atoms with Crippen LogP contribution >= 0.6 is 0 Å². The standard InChI is InChI=1S/C31H45N5O2/c1-18(2)12-21-14-22(15-21)27-33-34-28(36(27)23-9-10-23)24-16-35(30(38)31(5,6)7)17-25(24)29(37)32-26-11-8-19(3)13-20(26)4/h8,11,13,18,21-25H,9-10,12,14-17H2,1-7H3,(H,32,37)/t21-,22+,24-,25-/m0/s1. The van der Waals surface area contributed by atoms with Gasteiger partial charge in [0.15, 0.2) is 0 Å². The Kier molecular flexibility index (Phi) is 7.16. The van der Waals surface area contributed by atoms with Crippen molar-refractivity contribution in [1.82, 2.24) is 19.7 Å². The number of hydrogen-bond donors (Lipinski definition) is 1. The summed E-state index contributed by atoms with van der Waals surface area (Å²) in [7, 11) is 0. The van der Waals surface area contributed by atoms with Crippen molar-refractivity contribution in [3.8, 4) is 0 Å². The van der Waals surface area contributed by atoms with Crippen molar-refractivity contribution >= 4 is 17.5 Å². The highest BCUT2D eigenvalue weighted by Gasteiger charge is 2.47. The molecule has 0 radical (unpaired) electrons. The molecular formula is C31H45N5O2. The highest BCUT2D eigenvalue weighted by Crippen LogP contribution is 2.48. The second-order valence-corrected chi connectivity index (χ2v) is 13.7. The molecule has 1 aromatic carbocycles. The zero-order chi connectivity index (χ0) is 27.4. The van der Waals surface area contributed by atoms with Gasteiger partial charge in [-0.2, -0.15) is 0 Å². The number of nitrogens with zero attached hydrogens (tertiary/aromatic N) is 4. The Morgan fingerprint density at radius 2 is 1.74 bits per heavy atom. The van der Waals surface area contributed by atoms with Crippen LogP contribution in [0.15, 0.2) is 18.2 Å². The number of likely N-dealkylation sites (tertiary alicyclic amines) is 1. The molecule has 0 unspecified atom stereocenters. The molecule has 0 spiro atoms. The maximum atomic E-state index is 13.8. The minimum absolute atomic E-state index is 0.0429. The van der Waals surface area contributed by atoms with Gasteiger partial charge in [0.1, 0.15) is 11.6 Å². The molecule has 1 saturated heterocycles. The van der Waals surface area contributed by atoms with Crippen LogP contribution in [0.25, 0.3) is 0 Å². The number of carbonyl (C=O) groups is 2. The van der Waals surface area contributed by atoms with E-state index in [-0.39, 0.29) is 23.7 Å².